The van der Waals surface area contributed by atoms with Gasteiger partial charge in [-0.2, -0.15) is 16.8 Å². The third-order valence-corrected chi connectivity index (χ3v) is 3.93. The molecule has 0 spiro atoms. The number of hydrogen-bond acceptors (Lipinski definition) is 7. The van der Waals surface area contributed by atoms with Gasteiger partial charge in [0.25, 0.3) is 20.2 Å². The van der Waals surface area contributed by atoms with E-state index in [0.29, 0.717) is 0 Å². The van der Waals surface area contributed by atoms with E-state index >= 15 is 0 Å². The van der Waals surface area contributed by atoms with Gasteiger partial charge in [-0.15, -0.1) is 0 Å². The second kappa shape index (κ2) is 5.85. The summed E-state index contributed by atoms with van der Waals surface area (Å²) in [5.74, 6) is -0.954. The zero-order chi connectivity index (χ0) is 11.2. The van der Waals surface area contributed by atoms with E-state index in [-0.39, 0.29) is 18.6 Å². The van der Waals surface area contributed by atoms with Crippen molar-refractivity contribution >= 4 is 33.1 Å². The van der Waals surface area contributed by atoms with E-state index in [1.807, 2.05) is 0 Å². The molecule has 0 amide bonds. The maximum absolute atomic E-state index is 11.3. The Kier molecular flexibility index (Phi) is 5.90. The number of rotatable bonds is 7. The second-order valence-electron chi connectivity index (χ2n) is 2.37. The molecular formula is C4H9FO6S3. The first-order chi connectivity index (χ1) is 6.33. The summed E-state index contributed by atoms with van der Waals surface area (Å²) in [4.78, 5) is 0. The van der Waals surface area contributed by atoms with Crippen LogP contribution < -0.4 is 0 Å². The normalized spacial score (nSPS) is 13.0. The number of halogens is 1. The van der Waals surface area contributed by atoms with Gasteiger partial charge in [0, 0.05) is 0 Å². The van der Waals surface area contributed by atoms with Crippen molar-refractivity contribution in [1.82, 2.24) is 0 Å². The predicted octanol–water partition coefficient (Wildman–Crippen LogP) is 0.189. The van der Waals surface area contributed by atoms with E-state index in [1.165, 1.54) is 0 Å². The summed E-state index contributed by atoms with van der Waals surface area (Å²) in [5, 5.41) is 0. The average molecular weight is 268 g/mol. The maximum atomic E-state index is 11.3. The minimum atomic E-state index is -4.17. The molecule has 0 aliphatic heterocycles. The van der Waals surface area contributed by atoms with Crippen LogP contribution in [0.4, 0.5) is 4.53 Å². The van der Waals surface area contributed by atoms with Gasteiger partial charge in [-0.1, -0.05) is 4.39 Å². The Labute approximate surface area is 87.2 Å². The number of hydrogen-bond donors (Lipinski definition) is 1. The smallest absolute Gasteiger partial charge is 0.201 e. The van der Waals surface area contributed by atoms with Crippen molar-refractivity contribution in [2.75, 3.05) is 11.5 Å². The summed E-state index contributed by atoms with van der Waals surface area (Å²) in [6.07, 6.45) is -0.0197. The molecule has 0 N–H and O–H groups in total. The van der Waals surface area contributed by atoms with Gasteiger partial charge in [0.15, 0.2) is 0 Å². The topological polar surface area (TPSA) is 86.7 Å². The van der Waals surface area contributed by atoms with E-state index in [4.69, 9.17) is 0 Å². The number of thiol groups is 1. The Hall–Kier alpha value is 0.1000. The molecule has 0 radical (unpaired) electrons. The second-order valence-corrected chi connectivity index (χ2v) is 6.14. The molecule has 0 aliphatic rings. The summed E-state index contributed by atoms with van der Waals surface area (Å²) >= 11 is 3.09. The quantitative estimate of drug-likeness (QED) is 0.403. The van der Waals surface area contributed by atoms with Crippen molar-refractivity contribution in [3.05, 3.63) is 0 Å². The molecule has 0 saturated carbocycles. The standard InChI is InChI=1S/C4H9FO6S3/c5-10-13(6,7)3-1-2-4-14(8,9)11-12/h12H,1-4H2. The van der Waals surface area contributed by atoms with E-state index in [0.717, 1.165) is 0 Å². The Bertz CT molecular complexity index is 309. The highest BCUT2D eigenvalue weighted by molar-refractivity contribution is 7.95. The molecule has 10 heteroatoms. The summed E-state index contributed by atoms with van der Waals surface area (Å²) in [6.45, 7) is 0. The average Bonchev–Trinajstić information content (AvgIpc) is 2.13. The molecule has 0 aromatic carbocycles. The van der Waals surface area contributed by atoms with Crippen LogP contribution in [-0.4, -0.2) is 28.3 Å². The largest absolute Gasteiger partial charge is 0.297 e. The van der Waals surface area contributed by atoms with Crippen LogP contribution >= 0.6 is 12.9 Å². The Morgan fingerprint density at radius 2 is 1.43 bits per heavy atom. The summed E-state index contributed by atoms with van der Waals surface area (Å²) in [7, 11) is -7.87. The van der Waals surface area contributed by atoms with Crippen LogP contribution in [0.5, 0.6) is 0 Å². The van der Waals surface area contributed by atoms with Crippen molar-refractivity contribution in [2.24, 2.45) is 0 Å². The van der Waals surface area contributed by atoms with Crippen LogP contribution in [-0.2, 0) is 28.3 Å². The molecule has 0 atom stereocenters. The van der Waals surface area contributed by atoms with Crippen LogP contribution in [0.2, 0.25) is 0 Å². The SMILES string of the molecule is O=S(=O)(CCCCS(=O)(=O)OS)OF. The lowest BCUT2D eigenvalue weighted by atomic mass is 10.4. The van der Waals surface area contributed by atoms with Crippen molar-refractivity contribution in [2.45, 2.75) is 12.8 Å². The van der Waals surface area contributed by atoms with Gasteiger partial charge < -0.3 is 0 Å². The Morgan fingerprint density at radius 1 is 1.00 bits per heavy atom. The minimum Gasteiger partial charge on any atom is -0.201 e. The molecule has 0 saturated heterocycles. The fraction of sp³-hybridized carbons (Fsp3) is 1.00. The van der Waals surface area contributed by atoms with Gasteiger partial charge in [0.2, 0.25) is 0 Å². The van der Waals surface area contributed by atoms with Crippen LogP contribution in [0.1, 0.15) is 12.8 Å². The van der Waals surface area contributed by atoms with Gasteiger partial charge in [0.05, 0.1) is 11.5 Å². The number of unbranched alkanes of at least 4 members (excludes halogenated alkanes) is 1. The first-order valence-corrected chi connectivity index (χ1v) is 6.93. The van der Waals surface area contributed by atoms with Crippen LogP contribution in [0, 0.1) is 0 Å². The molecule has 0 aliphatic carbocycles. The zero-order valence-electron chi connectivity index (χ0n) is 6.92. The van der Waals surface area contributed by atoms with E-state index in [1.54, 1.807) is 0 Å². The highest BCUT2D eigenvalue weighted by Crippen LogP contribution is 2.04. The highest BCUT2D eigenvalue weighted by Gasteiger charge is 2.13. The van der Waals surface area contributed by atoms with Crippen LogP contribution in [0.25, 0.3) is 0 Å². The summed E-state index contributed by atoms with van der Waals surface area (Å²) in [5.41, 5.74) is 0. The fourth-order valence-electron chi connectivity index (χ4n) is 0.626. The molecule has 0 unspecified atom stereocenters. The van der Waals surface area contributed by atoms with Crippen molar-refractivity contribution in [1.29, 1.82) is 0 Å². The van der Waals surface area contributed by atoms with E-state index in [9.17, 15) is 21.4 Å². The van der Waals surface area contributed by atoms with Crippen molar-refractivity contribution in [3.63, 3.8) is 0 Å². The van der Waals surface area contributed by atoms with Crippen molar-refractivity contribution < 1.29 is 29.4 Å². The van der Waals surface area contributed by atoms with E-state index in [2.05, 4.69) is 20.9 Å². The lowest BCUT2D eigenvalue weighted by Gasteiger charge is -1.99. The van der Waals surface area contributed by atoms with Crippen LogP contribution in [0.15, 0.2) is 0 Å². The first kappa shape index (κ1) is 14.1. The molecule has 0 aromatic heterocycles. The molecule has 14 heavy (non-hydrogen) atoms. The summed E-state index contributed by atoms with van der Waals surface area (Å²) < 4.78 is 59.8. The molecule has 86 valence electrons. The molecular weight excluding hydrogens is 259 g/mol. The highest BCUT2D eigenvalue weighted by atomic mass is 32.3. The summed E-state index contributed by atoms with van der Waals surface area (Å²) in [6, 6.07) is 0. The van der Waals surface area contributed by atoms with Crippen LogP contribution in [0.3, 0.4) is 0 Å². The van der Waals surface area contributed by atoms with Gasteiger partial charge in [-0.3, -0.25) is 0 Å². The first-order valence-electron chi connectivity index (χ1n) is 3.41. The lowest BCUT2D eigenvalue weighted by molar-refractivity contribution is 0.00290. The third kappa shape index (κ3) is 6.54. The van der Waals surface area contributed by atoms with Gasteiger partial charge in [0.1, 0.15) is 0 Å². The van der Waals surface area contributed by atoms with E-state index < -0.39 is 26.0 Å². The molecule has 0 fully saturated rings. The van der Waals surface area contributed by atoms with Gasteiger partial charge in [-0.25, -0.2) is 3.63 Å². The molecule has 6 nitrogen and oxygen atoms in total. The lowest BCUT2D eigenvalue weighted by Crippen LogP contribution is -2.10. The molecule has 0 bridgehead atoms. The fourth-order valence-corrected chi connectivity index (χ4v) is 2.10. The predicted molar refractivity (Wildman–Crippen MR) is 49.1 cm³/mol. The Balaban J connectivity index is 3.79. The zero-order valence-corrected chi connectivity index (χ0v) is 9.45. The molecule has 0 heterocycles. The monoisotopic (exact) mass is 268 g/mol. The maximum Gasteiger partial charge on any atom is 0.297 e. The third-order valence-electron chi connectivity index (χ3n) is 1.25. The molecule has 0 aromatic rings. The van der Waals surface area contributed by atoms with Gasteiger partial charge in [-0.05, 0) is 30.3 Å². The Morgan fingerprint density at radius 3 is 1.79 bits per heavy atom. The van der Waals surface area contributed by atoms with Crippen molar-refractivity contribution in [3.8, 4) is 0 Å². The molecule has 0 rings (SSSR count). The van der Waals surface area contributed by atoms with Gasteiger partial charge >= 0.3 is 0 Å². The minimum absolute atomic E-state index is 0.0193.